The Morgan fingerprint density at radius 1 is 1.14 bits per heavy atom. The van der Waals surface area contributed by atoms with Crippen LogP contribution in [0.15, 0.2) is 30.5 Å². The van der Waals surface area contributed by atoms with Gasteiger partial charge in [-0.2, -0.15) is 0 Å². The summed E-state index contributed by atoms with van der Waals surface area (Å²) in [5.41, 5.74) is 7.51. The van der Waals surface area contributed by atoms with Gasteiger partial charge >= 0.3 is 5.97 Å². The van der Waals surface area contributed by atoms with Crippen LogP contribution in [0.25, 0.3) is 10.9 Å². The molecule has 1 aliphatic heterocycles. The molecule has 11 nitrogen and oxygen atoms in total. The summed E-state index contributed by atoms with van der Waals surface area (Å²) < 4.78 is 0. The van der Waals surface area contributed by atoms with Crippen LogP contribution in [0.5, 0.6) is 0 Å². The van der Waals surface area contributed by atoms with Gasteiger partial charge in [-0.1, -0.05) is 32.0 Å². The summed E-state index contributed by atoms with van der Waals surface area (Å²) in [6.07, 6.45) is 3.11. The van der Waals surface area contributed by atoms with Gasteiger partial charge in [-0.3, -0.25) is 14.4 Å². The highest BCUT2D eigenvalue weighted by Gasteiger charge is 2.38. The van der Waals surface area contributed by atoms with Crippen LogP contribution in [0.3, 0.4) is 0 Å². The fourth-order valence-electron chi connectivity index (χ4n) is 4.57. The number of aromatic amines is 1. The molecule has 0 aliphatic carbocycles. The Balaban J connectivity index is 1.81. The number of nitrogens with zero attached hydrogens (tertiary/aromatic N) is 1. The lowest BCUT2D eigenvalue weighted by atomic mass is 10.0. The molecule has 1 aromatic carbocycles. The third-order valence-electron chi connectivity index (χ3n) is 6.41. The molecule has 1 aliphatic rings. The predicted octanol–water partition coefficient (Wildman–Crippen LogP) is 0.121. The van der Waals surface area contributed by atoms with Gasteiger partial charge in [-0.05, 0) is 36.8 Å². The molecule has 1 fully saturated rings. The number of H-pyrrole nitrogens is 1. The Morgan fingerprint density at radius 3 is 2.50 bits per heavy atom. The predicted molar refractivity (Wildman–Crippen MR) is 133 cm³/mol. The first-order chi connectivity index (χ1) is 17.1. The van der Waals surface area contributed by atoms with E-state index in [9.17, 15) is 29.4 Å². The zero-order chi connectivity index (χ0) is 26.4. The van der Waals surface area contributed by atoms with E-state index in [-0.39, 0.29) is 18.9 Å². The molecule has 2 aromatic rings. The molecule has 4 unspecified atom stereocenters. The number of carbonyl (C=O) groups excluding carboxylic acids is 3. The van der Waals surface area contributed by atoms with Crippen molar-refractivity contribution < 1.29 is 29.4 Å². The molecule has 0 spiro atoms. The molecule has 0 saturated carbocycles. The second kappa shape index (κ2) is 12.0. The number of aliphatic hydroxyl groups excluding tert-OH is 1. The summed E-state index contributed by atoms with van der Waals surface area (Å²) in [5.74, 6) is -2.81. The SMILES string of the molecule is CC(C)CC(N)C(=O)NC(CO)C(=O)NC(Cc1c[nH]c2ccccc12)C(=O)N1CCCC1C(=O)O. The number of carboxylic acid groups (broad SMARTS) is 1. The maximum Gasteiger partial charge on any atom is 0.326 e. The minimum atomic E-state index is -1.32. The van der Waals surface area contributed by atoms with Crippen LogP contribution in [0.4, 0.5) is 0 Å². The first-order valence-corrected chi connectivity index (χ1v) is 12.2. The number of carboxylic acids is 1. The summed E-state index contributed by atoms with van der Waals surface area (Å²) >= 11 is 0. The highest BCUT2D eigenvalue weighted by atomic mass is 16.4. The lowest BCUT2D eigenvalue weighted by Crippen LogP contribution is -2.58. The molecule has 0 radical (unpaired) electrons. The number of hydrogen-bond acceptors (Lipinski definition) is 6. The first kappa shape index (κ1) is 27.2. The van der Waals surface area contributed by atoms with Gasteiger partial charge in [0.05, 0.1) is 12.6 Å². The zero-order valence-corrected chi connectivity index (χ0v) is 20.6. The van der Waals surface area contributed by atoms with Crippen LogP contribution in [0.1, 0.15) is 38.7 Å². The molecule has 3 amide bonds. The van der Waals surface area contributed by atoms with Gasteiger partial charge in [0.2, 0.25) is 17.7 Å². The average molecular weight is 502 g/mol. The molecule has 4 atom stereocenters. The Hall–Kier alpha value is -3.44. The van der Waals surface area contributed by atoms with E-state index in [0.29, 0.717) is 19.3 Å². The highest BCUT2D eigenvalue weighted by molar-refractivity contribution is 5.95. The molecule has 1 saturated heterocycles. The van der Waals surface area contributed by atoms with Gasteiger partial charge in [0.25, 0.3) is 0 Å². The topological polar surface area (TPSA) is 178 Å². The molecule has 11 heteroatoms. The van der Waals surface area contributed by atoms with Gasteiger partial charge in [0, 0.05) is 30.1 Å². The number of rotatable bonds is 11. The smallest absolute Gasteiger partial charge is 0.326 e. The van der Waals surface area contributed by atoms with Crippen molar-refractivity contribution in [2.75, 3.05) is 13.2 Å². The summed E-state index contributed by atoms with van der Waals surface area (Å²) in [6.45, 7) is 3.39. The Labute approximate surface area is 209 Å². The fraction of sp³-hybridized carbons (Fsp3) is 0.520. The summed E-state index contributed by atoms with van der Waals surface area (Å²) in [7, 11) is 0. The van der Waals surface area contributed by atoms with Crippen molar-refractivity contribution >= 4 is 34.6 Å². The average Bonchev–Trinajstić information content (AvgIpc) is 3.48. The number of likely N-dealkylation sites (tertiary alicyclic amines) is 1. The van der Waals surface area contributed by atoms with E-state index >= 15 is 0 Å². The number of nitrogens with one attached hydrogen (secondary N) is 3. The lowest BCUT2D eigenvalue weighted by molar-refractivity contribution is -0.149. The quantitative estimate of drug-likeness (QED) is 0.253. The van der Waals surface area contributed by atoms with Crippen LogP contribution in [-0.2, 0) is 25.6 Å². The summed E-state index contributed by atoms with van der Waals surface area (Å²) in [5, 5.41) is 25.3. The second-order valence-corrected chi connectivity index (χ2v) is 9.63. The number of amides is 3. The minimum Gasteiger partial charge on any atom is -0.480 e. The van der Waals surface area contributed by atoms with Crippen molar-refractivity contribution in [3.05, 3.63) is 36.0 Å². The van der Waals surface area contributed by atoms with Crippen molar-refractivity contribution in [2.24, 2.45) is 11.7 Å². The zero-order valence-electron chi connectivity index (χ0n) is 20.6. The van der Waals surface area contributed by atoms with Crippen LogP contribution in [-0.4, -0.2) is 81.1 Å². The molecule has 0 bridgehead atoms. The molecule has 2 heterocycles. The Morgan fingerprint density at radius 2 is 1.83 bits per heavy atom. The number of fused-ring (bicyclic) bond motifs is 1. The number of benzene rings is 1. The second-order valence-electron chi connectivity index (χ2n) is 9.63. The maximum atomic E-state index is 13.5. The molecule has 196 valence electrons. The molecular formula is C25H35N5O6. The van der Waals surface area contributed by atoms with E-state index in [2.05, 4.69) is 15.6 Å². The third kappa shape index (κ3) is 6.41. The van der Waals surface area contributed by atoms with E-state index in [4.69, 9.17) is 5.73 Å². The number of aromatic nitrogens is 1. The number of nitrogens with two attached hydrogens (primary N) is 1. The maximum absolute atomic E-state index is 13.5. The molecular weight excluding hydrogens is 466 g/mol. The fourth-order valence-corrected chi connectivity index (χ4v) is 4.57. The Bertz CT molecular complexity index is 1100. The van der Waals surface area contributed by atoms with Crippen LogP contribution < -0.4 is 16.4 Å². The summed E-state index contributed by atoms with van der Waals surface area (Å²) in [6, 6.07) is 3.25. The molecule has 36 heavy (non-hydrogen) atoms. The van der Waals surface area contributed by atoms with E-state index in [1.54, 1.807) is 6.20 Å². The number of aliphatic hydroxyl groups is 1. The van der Waals surface area contributed by atoms with E-state index in [1.165, 1.54) is 4.90 Å². The number of aliphatic carboxylic acids is 1. The Kier molecular flexibility index (Phi) is 9.05. The lowest BCUT2D eigenvalue weighted by Gasteiger charge is -2.28. The van der Waals surface area contributed by atoms with Crippen molar-refractivity contribution in [1.29, 1.82) is 0 Å². The van der Waals surface area contributed by atoms with Crippen LogP contribution in [0.2, 0.25) is 0 Å². The number of carbonyl (C=O) groups is 4. The van der Waals surface area contributed by atoms with E-state index in [0.717, 1.165) is 16.5 Å². The molecule has 3 rings (SSSR count). The van der Waals surface area contributed by atoms with E-state index in [1.807, 2.05) is 38.1 Å². The van der Waals surface area contributed by atoms with Crippen LogP contribution in [0, 0.1) is 5.92 Å². The molecule has 7 N–H and O–H groups in total. The largest absolute Gasteiger partial charge is 0.480 e. The van der Waals surface area contributed by atoms with Crippen molar-refractivity contribution in [2.45, 2.75) is 63.7 Å². The number of hydrogen-bond donors (Lipinski definition) is 6. The third-order valence-corrected chi connectivity index (χ3v) is 6.41. The highest BCUT2D eigenvalue weighted by Crippen LogP contribution is 2.23. The van der Waals surface area contributed by atoms with Gasteiger partial charge in [0.1, 0.15) is 18.1 Å². The van der Waals surface area contributed by atoms with Crippen molar-refractivity contribution in [1.82, 2.24) is 20.5 Å². The monoisotopic (exact) mass is 501 g/mol. The van der Waals surface area contributed by atoms with Gasteiger partial charge < -0.3 is 36.5 Å². The van der Waals surface area contributed by atoms with Gasteiger partial charge in [-0.15, -0.1) is 0 Å². The van der Waals surface area contributed by atoms with Gasteiger partial charge in [0.15, 0.2) is 0 Å². The van der Waals surface area contributed by atoms with Gasteiger partial charge in [-0.25, -0.2) is 4.79 Å². The number of para-hydroxylation sites is 1. The standard InChI is InChI=1S/C25H35N5O6/c1-14(2)10-17(26)22(32)29-20(13-31)23(33)28-19(24(34)30-9-5-8-21(30)25(35)36)11-15-12-27-18-7-4-3-6-16(15)18/h3-4,6-7,12,14,17,19-21,27,31H,5,8-11,13,26H2,1-2H3,(H,28,33)(H,29,32)(H,35,36). The summed E-state index contributed by atoms with van der Waals surface area (Å²) in [4.78, 5) is 55.1. The normalized spacial score (nSPS) is 18.1. The van der Waals surface area contributed by atoms with Crippen molar-refractivity contribution in [3.63, 3.8) is 0 Å². The minimum absolute atomic E-state index is 0.0936. The molecule has 1 aromatic heterocycles. The van der Waals surface area contributed by atoms with Crippen molar-refractivity contribution in [3.8, 4) is 0 Å². The van der Waals surface area contributed by atoms with Crippen LogP contribution >= 0.6 is 0 Å². The van der Waals surface area contributed by atoms with E-state index < -0.39 is 54.5 Å². The first-order valence-electron chi connectivity index (χ1n) is 12.2.